The van der Waals surface area contributed by atoms with Crippen molar-refractivity contribution in [2.75, 3.05) is 25.5 Å². The molecule has 0 unspecified atom stereocenters. The van der Waals surface area contributed by atoms with Gasteiger partial charge in [-0.15, -0.1) is 4.65 Å². The van der Waals surface area contributed by atoms with E-state index in [2.05, 4.69) is 15.3 Å². The number of amides is 2. The van der Waals surface area contributed by atoms with Crippen LogP contribution in [0.5, 0.6) is 0 Å². The first kappa shape index (κ1) is 25.2. The number of hydrogen-bond acceptors (Lipinski definition) is 5. The Morgan fingerprint density at radius 3 is 2.42 bits per heavy atom. The van der Waals surface area contributed by atoms with E-state index in [9.17, 15) is 27.6 Å². The number of anilines is 1. The van der Waals surface area contributed by atoms with Crippen molar-refractivity contribution in [1.29, 1.82) is 0 Å². The average molecular weight is 504 g/mol. The maximum atomic E-state index is 12.5. The molecule has 1 aliphatic rings. The monoisotopic (exact) mass is 504 g/mol. The number of halogens is 3. The number of piperidine rings is 1. The summed E-state index contributed by atoms with van der Waals surface area (Å²) < 4.78 is 38.6. The van der Waals surface area contributed by atoms with Crippen molar-refractivity contribution in [2.45, 2.75) is 25.4 Å². The predicted octanol–water partition coefficient (Wildman–Crippen LogP) is 3.33. The number of likely N-dealkylation sites (tertiary alicyclic amines) is 1. The van der Waals surface area contributed by atoms with Crippen LogP contribution in [0.15, 0.2) is 48.7 Å². The first-order chi connectivity index (χ1) is 16.9. The molecule has 4 rings (SSSR count). The molecule has 1 fully saturated rings. The molecule has 0 saturated carbocycles. The van der Waals surface area contributed by atoms with E-state index < -0.39 is 22.7 Å². The Labute approximate surface area is 204 Å². The zero-order valence-electron chi connectivity index (χ0n) is 19.4. The summed E-state index contributed by atoms with van der Waals surface area (Å²) in [7, 11) is 1.43. The standard InChI is InChI=1S/C24H24F3N5O4/c1-32(36-23(35)24(25,26)27)11-9-15(10-12-32)13-20(33)29-17-5-7-18(8-6-17)31-14-16-3-2-4-19(22(28)34)21(16)30-31/h2-8,14-15H,9-13H2,1H3,(H2-,28,29,33,34)/p+1. The van der Waals surface area contributed by atoms with Gasteiger partial charge in [-0.1, -0.05) is 12.1 Å². The molecule has 3 N–H and O–H groups in total. The lowest BCUT2D eigenvalue weighted by Crippen LogP contribution is -2.53. The van der Waals surface area contributed by atoms with Crippen LogP contribution in [-0.2, 0) is 14.4 Å². The molecule has 0 aliphatic carbocycles. The van der Waals surface area contributed by atoms with Crippen molar-refractivity contribution in [1.82, 2.24) is 9.78 Å². The van der Waals surface area contributed by atoms with Crippen molar-refractivity contribution < 1.29 is 37.0 Å². The molecule has 0 bridgehead atoms. The lowest BCUT2D eigenvalue weighted by molar-refractivity contribution is -1.08. The molecule has 2 amide bonds. The van der Waals surface area contributed by atoms with E-state index in [4.69, 9.17) is 5.73 Å². The van der Waals surface area contributed by atoms with Gasteiger partial charge < -0.3 is 11.1 Å². The van der Waals surface area contributed by atoms with Crippen molar-refractivity contribution in [3.63, 3.8) is 0 Å². The van der Waals surface area contributed by atoms with Gasteiger partial charge in [0.25, 0.3) is 5.91 Å². The van der Waals surface area contributed by atoms with Gasteiger partial charge in [0.05, 0.1) is 11.3 Å². The van der Waals surface area contributed by atoms with E-state index in [1.54, 1.807) is 47.3 Å². The topological polar surface area (TPSA) is 116 Å². The average Bonchev–Trinajstić information content (AvgIpc) is 3.25. The lowest BCUT2D eigenvalue weighted by atomic mass is 9.93. The molecule has 2 aromatic carbocycles. The molecule has 36 heavy (non-hydrogen) atoms. The highest BCUT2D eigenvalue weighted by Gasteiger charge is 2.47. The number of nitrogens with one attached hydrogen (secondary N) is 1. The Morgan fingerprint density at radius 2 is 1.81 bits per heavy atom. The third kappa shape index (κ3) is 5.65. The quantitative estimate of drug-likeness (QED) is 0.500. The molecule has 1 saturated heterocycles. The number of rotatable bonds is 6. The van der Waals surface area contributed by atoms with Crippen LogP contribution in [0.3, 0.4) is 0 Å². The van der Waals surface area contributed by atoms with Gasteiger partial charge in [0.2, 0.25) is 5.91 Å². The van der Waals surface area contributed by atoms with Crippen LogP contribution in [0.1, 0.15) is 29.6 Å². The van der Waals surface area contributed by atoms with Crippen LogP contribution in [0.2, 0.25) is 0 Å². The van der Waals surface area contributed by atoms with E-state index >= 15 is 0 Å². The smallest absolute Gasteiger partial charge is 0.366 e. The predicted molar refractivity (Wildman–Crippen MR) is 124 cm³/mol. The zero-order chi connectivity index (χ0) is 26.1. The second kappa shape index (κ2) is 9.61. The number of quaternary nitrogens is 1. The Hall–Kier alpha value is -3.93. The number of aromatic nitrogens is 2. The lowest BCUT2D eigenvalue weighted by Gasteiger charge is -2.36. The second-order valence-corrected chi connectivity index (χ2v) is 9.04. The maximum Gasteiger partial charge on any atom is 0.497 e. The van der Waals surface area contributed by atoms with E-state index in [-0.39, 0.29) is 31.3 Å². The fraction of sp³-hybridized carbons (Fsp3) is 0.333. The molecule has 0 radical (unpaired) electrons. The number of benzene rings is 2. The second-order valence-electron chi connectivity index (χ2n) is 9.04. The number of nitrogens with two attached hydrogens (primary N) is 1. The maximum absolute atomic E-state index is 12.5. The number of hydroxylamine groups is 3. The van der Waals surface area contributed by atoms with Gasteiger partial charge in [0, 0.05) is 36.5 Å². The third-order valence-electron chi connectivity index (χ3n) is 6.25. The van der Waals surface area contributed by atoms with Crippen LogP contribution < -0.4 is 11.1 Å². The SMILES string of the molecule is C[N+]1(OC(=O)C(F)(F)F)CCC(CC(=O)Nc2ccc(-n3cc4cccc(C(N)=O)c4n3)cc2)CC1. The molecule has 1 aliphatic heterocycles. The van der Waals surface area contributed by atoms with Crippen molar-refractivity contribution >= 4 is 34.4 Å². The van der Waals surface area contributed by atoms with E-state index in [1.807, 2.05) is 6.07 Å². The van der Waals surface area contributed by atoms with Crippen molar-refractivity contribution in [3.05, 3.63) is 54.2 Å². The Morgan fingerprint density at radius 1 is 1.14 bits per heavy atom. The van der Waals surface area contributed by atoms with Gasteiger partial charge in [0.15, 0.2) is 0 Å². The summed E-state index contributed by atoms with van der Waals surface area (Å²) in [6, 6.07) is 12.1. The van der Waals surface area contributed by atoms with Gasteiger partial charge in [-0.3, -0.25) is 14.4 Å². The van der Waals surface area contributed by atoms with E-state index in [0.29, 0.717) is 29.6 Å². The van der Waals surface area contributed by atoms with Gasteiger partial charge in [-0.05, 0) is 36.2 Å². The summed E-state index contributed by atoms with van der Waals surface area (Å²) in [5, 5.41) is 8.03. The van der Waals surface area contributed by atoms with Gasteiger partial charge in [-0.2, -0.15) is 18.3 Å². The minimum absolute atomic E-state index is 0.0315. The summed E-state index contributed by atoms with van der Waals surface area (Å²) in [4.78, 5) is 39.9. The summed E-state index contributed by atoms with van der Waals surface area (Å²) >= 11 is 0. The third-order valence-corrected chi connectivity index (χ3v) is 6.25. The number of nitrogens with zero attached hydrogens (tertiary/aromatic N) is 3. The number of primary amides is 1. The number of alkyl halides is 3. The number of hydrogen-bond donors (Lipinski definition) is 2. The summed E-state index contributed by atoms with van der Waals surface area (Å²) in [6.45, 7) is 0.397. The van der Waals surface area contributed by atoms with E-state index in [1.165, 1.54) is 7.05 Å². The molecule has 2 heterocycles. The molecule has 3 aromatic rings. The van der Waals surface area contributed by atoms with Gasteiger partial charge in [0.1, 0.15) is 25.7 Å². The van der Waals surface area contributed by atoms with Crippen LogP contribution in [0.25, 0.3) is 16.6 Å². The highest BCUT2D eigenvalue weighted by molar-refractivity contribution is 6.04. The number of fused-ring (bicyclic) bond motifs is 1. The fourth-order valence-corrected chi connectivity index (χ4v) is 4.26. The minimum Gasteiger partial charge on any atom is -0.366 e. The van der Waals surface area contributed by atoms with Crippen molar-refractivity contribution in [2.24, 2.45) is 11.7 Å². The Bertz CT molecular complexity index is 1300. The largest absolute Gasteiger partial charge is 0.497 e. The number of carbonyl (C=O) groups excluding carboxylic acids is 3. The first-order valence-corrected chi connectivity index (χ1v) is 11.3. The number of carbonyl (C=O) groups is 3. The Kier molecular flexibility index (Phi) is 6.72. The summed E-state index contributed by atoms with van der Waals surface area (Å²) in [5.74, 6) is -3.02. The van der Waals surface area contributed by atoms with Crippen LogP contribution in [0.4, 0.5) is 18.9 Å². The molecule has 0 spiro atoms. The molecular formula is C24H25F3N5O4+. The molecule has 0 atom stereocenters. The zero-order valence-corrected chi connectivity index (χ0v) is 19.4. The van der Waals surface area contributed by atoms with Gasteiger partial charge >= 0.3 is 12.1 Å². The highest BCUT2D eigenvalue weighted by Crippen LogP contribution is 2.28. The van der Waals surface area contributed by atoms with Crippen LogP contribution >= 0.6 is 0 Å². The normalized spacial score (nSPS) is 20.2. The molecule has 9 nitrogen and oxygen atoms in total. The summed E-state index contributed by atoms with van der Waals surface area (Å²) in [5.41, 5.74) is 7.54. The summed E-state index contributed by atoms with van der Waals surface area (Å²) in [6.07, 6.45) is -2.15. The van der Waals surface area contributed by atoms with E-state index in [0.717, 1.165) is 11.1 Å². The molecular weight excluding hydrogens is 479 g/mol. The van der Waals surface area contributed by atoms with Crippen LogP contribution in [0, 0.1) is 5.92 Å². The molecule has 1 aromatic heterocycles. The molecule has 12 heteroatoms. The molecule has 190 valence electrons. The first-order valence-electron chi connectivity index (χ1n) is 11.3. The minimum atomic E-state index is -5.04. The van der Waals surface area contributed by atoms with Gasteiger partial charge in [-0.25, -0.2) is 9.48 Å². The highest BCUT2D eigenvalue weighted by atomic mass is 19.4. The fourth-order valence-electron chi connectivity index (χ4n) is 4.26. The van der Waals surface area contributed by atoms with Crippen LogP contribution in [-0.4, -0.2) is 58.5 Å². The van der Waals surface area contributed by atoms with Crippen molar-refractivity contribution in [3.8, 4) is 5.69 Å². The Balaban J connectivity index is 1.32.